The molecule has 0 unspecified atom stereocenters. The van der Waals surface area contributed by atoms with Crippen LogP contribution in [0.1, 0.15) is 52.6 Å². The highest BCUT2D eigenvalue weighted by Gasteiger charge is 2.44. The van der Waals surface area contributed by atoms with Gasteiger partial charge in [0.05, 0.1) is 23.1 Å². The number of esters is 1. The van der Waals surface area contributed by atoms with Crippen LogP contribution in [0.5, 0.6) is 5.75 Å². The number of aromatic nitrogens is 3. The molecule has 2 amide bonds. The number of rotatable bonds is 4. The Kier molecular flexibility index (Phi) is 5.08. The van der Waals surface area contributed by atoms with E-state index >= 15 is 0 Å². The zero-order valence-electron chi connectivity index (χ0n) is 20.2. The van der Waals surface area contributed by atoms with E-state index in [0.717, 1.165) is 16.2 Å². The molecule has 37 heavy (non-hydrogen) atoms. The maximum Gasteiger partial charge on any atom is 0.331 e. The molecule has 0 spiro atoms. The molecule has 3 aliphatic rings. The van der Waals surface area contributed by atoms with E-state index in [-0.39, 0.29) is 28.1 Å². The lowest BCUT2D eigenvalue weighted by molar-refractivity contribution is -0.134. The number of ketones is 1. The number of allylic oxidation sites excluding steroid dienone is 2. The van der Waals surface area contributed by atoms with Crippen LogP contribution in [0, 0.1) is 11.3 Å². The third-order valence-electron chi connectivity index (χ3n) is 6.89. The van der Waals surface area contributed by atoms with E-state index in [1.54, 1.807) is 53.2 Å². The first kappa shape index (κ1) is 22.8. The molecular weight excluding hydrogens is 474 g/mol. The molecule has 2 aliphatic heterocycles. The molecule has 0 saturated heterocycles. The Morgan fingerprint density at radius 2 is 1.73 bits per heavy atom. The zero-order chi connectivity index (χ0) is 25.9. The number of benzene rings is 2. The van der Waals surface area contributed by atoms with Crippen molar-refractivity contribution in [2.24, 2.45) is 11.3 Å². The molecule has 186 valence electrons. The van der Waals surface area contributed by atoms with E-state index in [9.17, 15) is 19.2 Å². The van der Waals surface area contributed by atoms with Crippen LogP contribution >= 0.6 is 0 Å². The molecule has 0 bridgehead atoms. The maximum atomic E-state index is 13.2. The highest BCUT2D eigenvalue weighted by atomic mass is 16.5. The highest BCUT2D eigenvalue weighted by Crippen LogP contribution is 2.45. The Morgan fingerprint density at radius 3 is 2.41 bits per heavy atom. The quantitative estimate of drug-likeness (QED) is 0.332. The number of nitrogens with zero attached hydrogens (tertiary/aromatic N) is 4. The molecule has 0 radical (unpaired) electrons. The predicted molar refractivity (Wildman–Crippen MR) is 131 cm³/mol. The van der Waals surface area contributed by atoms with Crippen molar-refractivity contribution in [3.8, 4) is 5.75 Å². The Balaban J connectivity index is 1.21. The van der Waals surface area contributed by atoms with Crippen LogP contribution in [0.25, 0.3) is 0 Å². The number of amides is 2. The number of fused-ring (bicyclic) bond motifs is 3. The van der Waals surface area contributed by atoms with Crippen molar-refractivity contribution in [2.75, 3.05) is 11.9 Å². The zero-order valence-corrected chi connectivity index (χ0v) is 20.2. The van der Waals surface area contributed by atoms with Crippen LogP contribution in [0.3, 0.4) is 0 Å². The lowest BCUT2D eigenvalue weighted by Gasteiger charge is -2.40. The van der Waals surface area contributed by atoms with Crippen molar-refractivity contribution < 1.29 is 23.9 Å². The van der Waals surface area contributed by atoms with E-state index in [1.807, 2.05) is 13.8 Å². The van der Waals surface area contributed by atoms with E-state index in [2.05, 4.69) is 21.5 Å². The van der Waals surface area contributed by atoms with Gasteiger partial charge in [-0.25, -0.2) is 9.48 Å². The SMILES string of the molecule is CC1(C)C=C2Nc3ncnn3[C@H](c3ccc(OC(=O)CN4C(=O)c5ccccc5C4=O)cc3)[C@H]2C(=O)C1. The fourth-order valence-corrected chi connectivity index (χ4v) is 5.31. The molecule has 1 N–H and O–H groups in total. The average molecular weight is 498 g/mol. The van der Waals surface area contributed by atoms with Crippen molar-refractivity contribution >= 4 is 29.5 Å². The summed E-state index contributed by atoms with van der Waals surface area (Å²) in [7, 11) is 0. The van der Waals surface area contributed by atoms with E-state index in [1.165, 1.54) is 6.33 Å². The number of imide groups is 1. The smallest absolute Gasteiger partial charge is 0.331 e. The summed E-state index contributed by atoms with van der Waals surface area (Å²) < 4.78 is 7.11. The predicted octanol–water partition coefficient (Wildman–Crippen LogP) is 2.99. The van der Waals surface area contributed by atoms with Crippen LogP contribution in [-0.2, 0) is 9.59 Å². The Bertz CT molecular complexity index is 1470. The van der Waals surface area contributed by atoms with E-state index in [0.29, 0.717) is 12.4 Å². The van der Waals surface area contributed by atoms with Gasteiger partial charge in [0.1, 0.15) is 24.4 Å². The van der Waals surface area contributed by atoms with Crippen molar-refractivity contribution in [1.82, 2.24) is 19.7 Å². The van der Waals surface area contributed by atoms with Gasteiger partial charge in [0.15, 0.2) is 0 Å². The van der Waals surface area contributed by atoms with Gasteiger partial charge in [-0.2, -0.15) is 10.1 Å². The van der Waals surface area contributed by atoms with Gasteiger partial charge < -0.3 is 10.1 Å². The number of Topliss-reactive ketones (excluding diaryl/α,β-unsaturated/α-hetero) is 1. The van der Waals surface area contributed by atoms with Crippen LogP contribution in [0.15, 0.2) is 66.6 Å². The second-order valence-corrected chi connectivity index (χ2v) is 10.1. The fraction of sp³-hybridized carbons (Fsp3) is 0.259. The summed E-state index contributed by atoms with van der Waals surface area (Å²) >= 11 is 0. The number of carbonyl (C=O) groups is 4. The Labute approximate surface area is 211 Å². The lowest BCUT2D eigenvalue weighted by Crippen LogP contribution is -2.42. The van der Waals surface area contributed by atoms with E-state index < -0.39 is 36.3 Å². The molecule has 0 fully saturated rings. The van der Waals surface area contributed by atoms with Crippen molar-refractivity contribution in [2.45, 2.75) is 26.3 Å². The van der Waals surface area contributed by atoms with Crippen LogP contribution in [-0.4, -0.2) is 49.8 Å². The molecular formula is C27H23N5O5. The number of nitrogens with one attached hydrogen (secondary N) is 1. The minimum atomic E-state index is -0.738. The molecule has 10 heteroatoms. The van der Waals surface area contributed by atoms with Gasteiger partial charge in [-0.1, -0.05) is 44.2 Å². The minimum Gasteiger partial charge on any atom is -0.425 e. The number of hydrogen-bond acceptors (Lipinski definition) is 8. The first-order chi connectivity index (χ1) is 17.7. The highest BCUT2D eigenvalue weighted by molar-refractivity contribution is 6.22. The first-order valence-corrected chi connectivity index (χ1v) is 11.9. The number of carbonyl (C=O) groups excluding carboxylic acids is 4. The molecule has 2 aromatic carbocycles. The second kappa shape index (κ2) is 8.22. The molecule has 3 heterocycles. The fourth-order valence-electron chi connectivity index (χ4n) is 5.31. The van der Waals surface area contributed by atoms with Crippen LogP contribution < -0.4 is 10.1 Å². The summed E-state index contributed by atoms with van der Waals surface area (Å²) in [5.74, 6) is -1.31. The standard InChI is InChI=1S/C27H23N5O5/c1-27(2)11-19-22(20(33)12-27)23(32-26(30-19)28-14-29-32)15-7-9-16(10-8-15)37-21(34)13-31-24(35)17-5-3-4-6-18(17)25(31)36/h3-11,14,22-23H,12-13H2,1-2H3,(H,28,29,30)/t22-,23-/m1/s1. The van der Waals surface area contributed by atoms with Gasteiger partial charge in [0.25, 0.3) is 11.8 Å². The summed E-state index contributed by atoms with van der Waals surface area (Å²) in [6, 6.07) is 12.8. The largest absolute Gasteiger partial charge is 0.425 e. The summed E-state index contributed by atoms with van der Waals surface area (Å²) in [5, 5.41) is 7.60. The van der Waals surface area contributed by atoms with Gasteiger partial charge in [0, 0.05) is 12.1 Å². The summed E-state index contributed by atoms with van der Waals surface area (Å²) in [4.78, 5) is 56.0. The lowest BCUT2D eigenvalue weighted by atomic mass is 9.72. The average Bonchev–Trinajstić information content (AvgIpc) is 3.41. The third kappa shape index (κ3) is 3.81. The molecule has 6 rings (SSSR count). The van der Waals surface area contributed by atoms with Crippen molar-refractivity contribution in [1.29, 1.82) is 0 Å². The van der Waals surface area contributed by atoms with Gasteiger partial charge in [-0.05, 0) is 35.2 Å². The Morgan fingerprint density at radius 1 is 1.05 bits per heavy atom. The summed E-state index contributed by atoms with van der Waals surface area (Å²) in [6.45, 7) is 3.55. The molecule has 0 saturated carbocycles. The number of ether oxygens (including phenoxy) is 1. The van der Waals surface area contributed by atoms with Gasteiger partial charge >= 0.3 is 5.97 Å². The summed E-state index contributed by atoms with van der Waals surface area (Å²) in [5.41, 5.74) is 1.89. The molecule has 3 aromatic rings. The van der Waals surface area contributed by atoms with E-state index in [4.69, 9.17) is 4.74 Å². The molecule has 1 aromatic heterocycles. The normalized spacial score (nSPS) is 21.5. The summed E-state index contributed by atoms with van der Waals surface area (Å²) in [6.07, 6.45) is 3.94. The third-order valence-corrected chi connectivity index (χ3v) is 6.89. The topological polar surface area (TPSA) is 123 Å². The first-order valence-electron chi connectivity index (χ1n) is 11.9. The molecule has 2 atom stereocenters. The Hall–Kier alpha value is -4.60. The van der Waals surface area contributed by atoms with Crippen LogP contribution in [0.4, 0.5) is 5.95 Å². The van der Waals surface area contributed by atoms with Gasteiger partial charge in [-0.3, -0.25) is 19.3 Å². The van der Waals surface area contributed by atoms with Crippen molar-refractivity contribution in [3.05, 3.63) is 83.3 Å². The second-order valence-electron chi connectivity index (χ2n) is 10.1. The minimum absolute atomic E-state index is 0.109. The van der Waals surface area contributed by atoms with Crippen LogP contribution in [0.2, 0.25) is 0 Å². The maximum absolute atomic E-state index is 13.2. The molecule has 1 aliphatic carbocycles. The van der Waals surface area contributed by atoms with Gasteiger partial charge in [0.2, 0.25) is 5.95 Å². The molecule has 10 nitrogen and oxygen atoms in total. The van der Waals surface area contributed by atoms with Crippen molar-refractivity contribution in [3.63, 3.8) is 0 Å². The monoisotopic (exact) mass is 497 g/mol. The van der Waals surface area contributed by atoms with Gasteiger partial charge in [-0.15, -0.1) is 0 Å². The number of hydrogen-bond donors (Lipinski definition) is 1. The number of anilines is 1.